The first-order chi connectivity index (χ1) is 8.00. The molecular formula is C12H14F3NO. The highest BCUT2D eigenvalue weighted by Crippen LogP contribution is 2.32. The number of benzene rings is 1. The normalized spacial score (nSPS) is 25.2. The SMILES string of the molecule is COC1CNC(c2cccc(C(F)(F)F)c2)C1. The maximum Gasteiger partial charge on any atom is 0.416 e. The Labute approximate surface area is 97.8 Å². The molecular weight excluding hydrogens is 231 g/mol. The Morgan fingerprint density at radius 2 is 2.12 bits per heavy atom. The van der Waals surface area contributed by atoms with E-state index in [0.29, 0.717) is 18.5 Å². The average Bonchev–Trinajstić information content (AvgIpc) is 2.76. The minimum Gasteiger partial charge on any atom is -0.380 e. The van der Waals surface area contributed by atoms with Crippen LogP contribution in [0.4, 0.5) is 13.2 Å². The predicted molar refractivity (Wildman–Crippen MR) is 57.6 cm³/mol. The van der Waals surface area contributed by atoms with Crippen molar-refractivity contribution in [1.29, 1.82) is 0 Å². The van der Waals surface area contributed by atoms with Crippen LogP contribution in [-0.2, 0) is 10.9 Å². The minimum absolute atomic E-state index is 0.0535. The van der Waals surface area contributed by atoms with Crippen molar-refractivity contribution in [2.45, 2.75) is 24.7 Å². The lowest BCUT2D eigenvalue weighted by molar-refractivity contribution is -0.137. The molecule has 1 aliphatic heterocycles. The van der Waals surface area contributed by atoms with Crippen LogP contribution in [0.3, 0.4) is 0 Å². The molecule has 5 heteroatoms. The lowest BCUT2D eigenvalue weighted by Crippen LogP contribution is -2.16. The molecule has 0 aliphatic carbocycles. The minimum atomic E-state index is -4.28. The van der Waals surface area contributed by atoms with Crippen molar-refractivity contribution in [3.8, 4) is 0 Å². The quantitative estimate of drug-likeness (QED) is 0.865. The summed E-state index contributed by atoms with van der Waals surface area (Å²) in [5.41, 5.74) is 0.0667. The smallest absolute Gasteiger partial charge is 0.380 e. The molecule has 94 valence electrons. The van der Waals surface area contributed by atoms with E-state index in [-0.39, 0.29) is 12.1 Å². The number of halogens is 3. The standard InChI is InChI=1S/C12H14F3NO/c1-17-10-6-11(16-7-10)8-3-2-4-9(5-8)12(13,14)15/h2-5,10-11,16H,6-7H2,1H3. The summed E-state index contributed by atoms with van der Waals surface area (Å²) in [7, 11) is 1.61. The zero-order chi connectivity index (χ0) is 12.5. The number of ether oxygens (including phenoxy) is 1. The number of nitrogens with one attached hydrogen (secondary N) is 1. The second-order valence-electron chi connectivity index (χ2n) is 4.18. The van der Waals surface area contributed by atoms with Gasteiger partial charge in [0.25, 0.3) is 0 Å². The van der Waals surface area contributed by atoms with Gasteiger partial charge in [-0.05, 0) is 24.1 Å². The van der Waals surface area contributed by atoms with Gasteiger partial charge in [0.05, 0.1) is 11.7 Å². The molecule has 2 atom stereocenters. The molecule has 0 saturated carbocycles. The molecule has 1 heterocycles. The molecule has 1 aromatic carbocycles. The fraction of sp³-hybridized carbons (Fsp3) is 0.500. The van der Waals surface area contributed by atoms with E-state index in [4.69, 9.17) is 4.74 Å². The number of hydrogen-bond acceptors (Lipinski definition) is 2. The van der Waals surface area contributed by atoms with Gasteiger partial charge in [-0.25, -0.2) is 0 Å². The molecule has 17 heavy (non-hydrogen) atoms. The zero-order valence-electron chi connectivity index (χ0n) is 9.42. The van der Waals surface area contributed by atoms with Crippen LogP contribution in [0, 0.1) is 0 Å². The van der Waals surface area contributed by atoms with Crippen molar-refractivity contribution in [2.75, 3.05) is 13.7 Å². The molecule has 0 radical (unpaired) electrons. The summed E-state index contributed by atoms with van der Waals surface area (Å²) >= 11 is 0. The van der Waals surface area contributed by atoms with E-state index >= 15 is 0 Å². The summed E-state index contributed by atoms with van der Waals surface area (Å²) in [6, 6.07) is 5.40. The summed E-state index contributed by atoms with van der Waals surface area (Å²) in [5, 5.41) is 3.16. The van der Waals surface area contributed by atoms with Crippen molar-refractivity contribution in [3.05, 3.63) is 35.4 Å². The highest BCUT2D eigenvalue weighted by Gasteiger charge is 2.32. The Hall–Kier alpha value is -1.07. The summed E-state index contributed by atoms with van der Waals surface area (Å²) in [6.07, 6.45) is -3.50. The Balaban J connectivity index is 2.17. The van der Waals surface area contributed by atoms with E-state index in [1.807, 2.05) is 0 Å². The molecule has 1 aromatic rings. The Kier molecular flexibility index (Phi) is 3.40. The molecule has 2 rings (SSSR count). The van der Waals surface area contributed by atoms with Gasteiger partial charge < -0.3 is 10.1 Å². The fourth-order valence-electron chi connectivity index (χ4n) is 2.07. The maximum absolute atomic E-state index is 12.6. The van der Waals surface area contributed by atoms with Crippen LogP contribution < -0.4 is 5.32 Å². The number of rotatable bonds is 2. The first kappa shape index (κ1) is 12.4. The van der Waals surface area contributed by atoms with E-state index in [9.17, 15) is 13.2 Å². The topological polar surface area (TPSA) is 21.3 Å². The third-order valence-electron chi connectivity index (χ3n) is 3.04. The third-order valence-corrected chi connectivity index (χ3v) is 3.04. The Morgan fingerprint density at radius 3 is 2.71 bits per heavy atom. The lowest BCUT2D eigenvalue weighted by atomic mass is 10.0. The van der Waals surface area contributed by atoms with Crippen LogP contribution in [0.25, 0.3) is 0 Å². The van der Waals surface area contributed by atoms with E-state index in [0.717, 1.165) is 6.07 Å². The highest BCUT2D eigenvalue weighted by molar-refractivity contribution is 5.28. The monoisotopic (exact) mass is 245 g/mol. The van der Waals surface area contributed by atoms with Gasteiger partial charge >= 0.3 is 6.18 Å². The van der Waals surface area contributed by atoms with Crippen LogP contribution in [-0.4, -0.2) is 19.8 Å². The van der Waals surface area contributed by atoms with Gasteiger partial charge in [-0.2, -0.15) is 13.2 Å². The molecule has 0 amide bonds. The van der Waals surface area contributed by atoms with Gasteiger partial charge in [-0.3, -0.25) is 0 Å². The molecule has 0 aromatic heterocycles. The van der Waals surface area contributed by atoms with E-state index in [1.165, 1.54) is 12.1 Å². The predicted octanol–water partition coefficient (Wildman–Crippen LogP) is 2.75. The molecule has 2 nitrogen and oxygen atoms in total. The highest BCUT2D eigenvalue weighted by atomic mass is 19.4. The third kappa shape index (κ3) is 2.79. The van der Waals surface area contributed by atoms with Crippen molar-refractivity contribution in [3.63, 3.8) is 0 Å². The second-order valence-corrected chi connectivity index (χ2v) is 4.18. The van der Waals surface area contributed by atoms with Gasteiger partial charge in [0.1, 0.15) is 0 Å². The summed E-state index contributed by atoms with van der Waals surface area (Å²) in [4.78, 5) is 0. The number of methoxy groups -OCH3 is 1. The number of hydrogen-bond donors (Lipinski definition) is 1. The van der Waals surface area contributed by atoms with Crippen molar-refractivity contribution in [2.24, 2.45) is 0 Å². The Bertz CT molecular complexity index is 392. The summed E-state index contributed by atoms with van der Waals surface area (Å²) < 4.78 is 42.8. The van der Waals surface area contributed by atoms with Crippen molar-refractivity contribution < 1.29 is 17.9 Å². The molecule has 0 spiro atoms. The Morgan fingerprint density at radius 1 is 1.35 bits per heavy atom. The first-order valence-electron chi connectivity index (χ1n) is 5.44. The van der Waals surface area contributed by atoms with Crippen LogP contribution in [0.15, 0.2) is 24.3 Å². The number of alkyl halides is 3. The zero-order valence-corrected chi connectivity index (χ0v) is 9.42. The first-order valence-corrected chi connectivity index (χ1v) is 5.44. The van der Waals surface area contributed by atoms with Crippen LogP contribution >= 0.6 is 0 Å². The van der Waals surface area contributed by atoms with Gasteiger partial charge in [-0.15, -0.1) is 0 Å². The van der Waals surface area contributed by atoms with E-state index in [2.05, 4.69) is 5.32 Å². The molecule has 1 N–H and O–H groups in total. The van der Waals surface area contributed by atoms with Crippen LogP contribution in [0.5, 0.6) is 0 Å². The lowest BCUT2D eigenvalue weighted by Gasteiger charge is -2.13. The molecule has 1 aliphatic rings. The van der Waals surface area contributed by atoms with Crippen molar-refractivity contribution in [1.82, 2.24) is 5.32 Å². The maximum atomic E-state index is 12.6. The average molecular weight is 245 g/mol. The van der Waals surface area contributed by atoms with Gasteiger partial charge in [0.2, 0.25) is 0 Å². The molecule has 0 bridgehead atoms. The van der Waals surface area contributed by atoms with Crippen molar-refractivity contribution >= 4 is 0 Å². The van der Waals surface area contributed by atoms with E-state index in [1.54, 1.807) is 13.2 Å². The van der Waals surface area contributed by atoms with Gasteiger partial charge in [0, 0.05) is 19.7 Å². The molecule has 2 unspecified atom stereocenters. The fourth-order valence-corrected chi connectivity index (χ4v) is 2.07. The largest absolute Gasteiger partial charge is 0.416 e. The van der Waals surface area contributed by atoms with Gasteiger partial charge in [-0.1, -0.05) is 12.1 Å². The molecule has 1 saturated heterocycles. The van der Waals surface area contributed by atoms with Crippen LogP contribution in [0.1, 0.15) is 23.6 Å². The van der Waals surface area contributed by atoms with Crippen LogP contribution in [0.2, 0.25) is 0 Å². The summed E-state index contributed by atoms with van der Waals surface area (Å²) in [5.74, 6) is 0. The van der Waals surface area contributed by atoms with E-state index < -0.39 is 11.7 Å². The second kappa shape index (κ2) is 4.66. The summed E-state index contributed by atoms with van der Waals surface area (Å²) in [6.45, 7) is 0.678. The molecule has 1 fully saturated rings. The van der Waals surface area contributed by atoms with Gasteiger partial charge in [0.15, 0.2) is 0 Å².